The average molecular weight is 522 g/mol. The number of nitrogens with zero attached hydrogens (tertiary/aromatic N) is 6. The van der Waals surface area contributed by atoms with E-state index in [9.17, 15) is 22.8 Å². The van der Waals surface area contributed by atoms with Crippen LogP contribution < -0.4 is 25.8 Å². The summed E-state index contributed by atoms with van der Waals surface area (Å²) in [5.41, 5.74) is 5.06. The van der Waals surface area contributed by atoms with Crippen LogP contribution in [0.15, 0.2) is 23.3 Å². The average Bonchev–Trinajstić information content (AvgIpc) is 3.53. The van der Waals surface area contributed by atoms with Crippen molar-refractivity contribution in [3.05, 3.63) is 34.4 Å². The van der Waals surface area contributed by atoms with Gasteiger partial charge in [-0.1, -0.05) is 0 Å². The molecule has 3 aliphatic heterocycles. The lowest BCUT2D eigenvalue weighted by Crippen LogP contribution is -2.57. The van der Waals surface area contributed by atoms with Gasteiger partial charge in [-0.15, -0.1) is 0 Å². The minimum atomic E-state index is -4.65. The van der Waals surface area contributed by atoms with Crippen LogP contribution in [0.4, 0.5) is 24.9 Å². The number of ether oxygens (including phenoxy) is 2. The molecule has 4 aliphatic rings. The Bertz CT molecular complexity index is 1270. The predicted molar refractivity (Wildman–Crippen MR) is 124 cm³/mol. The summed E-state index contributed by atoms with van der Waals surface area (Å²) in [6, 6.07) is -0.607. The maximum atomic E-state index is 14.1. The summed E-state index contributed by atoms with van der Waals surface area (Å²) in [7, 11) is 0. The summed E-state index contributed by atoms with van der Waals surface area (Å²) >= 11 is 0. The Balaban J connectivity index is 1.30. The molecule has 1 aliphatic carbocycles. The van der Waals surface area contributed by atoms with Crippen molar-refractivity contribution >= 4 is 17.5 Å². The van der Waals surface area contributed by atoms with Gasteiger partial charge in [0.25, 0.3) is 5.56 Å². The van der Waals surface area contributed by atoms with Gasteiger partial charge in [-0.25, -0.2) is 9.97 Å². The van der Waals surface area contributed by atoms with Crippen LogP contribution in [0.25, 0.3) is 0 Å². The van der Waals surface area contributed by atoms with Crippen LogP contribution in [0, 0.1) is 5.92 Å². The fraction of sp³-hybridized carbons (Fsp3) is 0.609. The molecule has 0 radical (unpaired) electrons. The highest BCUT2D eigenvalue weighted by Crippen LogP contribution is 2.39. The third kappa shape index (κ3) is 4.52. The molecule has 11 nitrogen and oxygen atoms in total. The number of morpholine rings is 1. The molecule has 6 rings (SSSR count). The van der Waals surface area contributed by atoms with Gasteiger partial charge in [0.2, 0.25) is 5.95 Å². The zero-order chi connectivity index (χ0) is 25.9. The first kappa shape index (κ1) is 24.1. The first-order valence-corrected chi connectivity index (χ1v) is 12.2. The van der Waals surface area contributed by atoms with E-state index in [1.807, 2.05) is 0 Å². The number of Topliss-reactive ketones (excluding diaryl/α,β-unsaturated/α-hetero) is 1. The summed E-state index contributed by atoms with van der Waals surface area (Å²) in [6.07, 6.45) is 0.00191. The molecule has 37 heavy (non-hydrogen) atoms. The summed E-state index contributed by atoms with van der Waals surface area (Å²) in [6.45, 7) is 0.255. The molecule has 1 saturated carbocycles. The largest absolute Gasteiger partial charge is 0.463 e. The number of fused-ring (bicyclic) bond motifs is 3. The molecular formula is C23H26F3N7O4. The molecule has 14 heteroatoms. The van der Waals surface area contributed by atoms with Crippen molar-refractivity contribution < 1.29 is 27.4 Å². The van der Waals surface area contributed by atoms with Crippen LogP contribution in [-0.4, -0.2) is 75.6 Å². The predicted octanol–water partition coefficient (Wildman–Crippen LogP) is 1.11. The Morgan fingerprint density at radius 2 is 2.00 bits per heavy atom. The highest BCUT2D eigenvalue weighted by atomic mass is 19.4. The third-order valence-electron chi connectivity index (χ3n) is 7.37. The summed E-state index contributed by atoms with van der Waals surface area (Å²) in [4.78, 5) is 41.1. The zero-order valence-electron chi connectivity index (χ0n) is 19.9. The smallest absolute Gasteiger partial charge is 0.408 e. The molecule has 3 atom stereocenters. The molecule has 198 valence electrons. The number of hydrogen-bond acceptors (Lipinski definition) is 10. The molecule has 0 aromatic carbocycles. The highest BCUT2D eigenvalue weighted by molar-refractivity contribution is 5.98. The second kappa shape index (κ2) is 8.65. The number of ketones is 1. The monoisotopic (exact) mass is 521 g/mol. The van der Waals surface area contributed by atoms with Crippen molar-refractivity contribution in [2.45, 2.75) is 56.2 Å². The van der Waals surface area contributed by atoms with Crippen molar-refractivity contribution in [2.24, 2.45) is 11.7 Å². The van der Waals surface area contributed by atoms with Crippen LogP contribution >= 0.6 is 0 Å². The van der Waals surface area contributed by atoms with E-state index in [1.54, 1.807) is 4.90 Å². The van der Waals surface area contributed by atoms with E-state index in [0.29, 0.717) is 25.5 Å². The van der Waals surface area contributed by atoms with Crippen LogP contribution in [0.1, 0.15) is 36.0 Å². The molecular weight excluding hydrogens is 495 g/mol. The summed E-state index contributed by atoms with van der Waals surface area (Å²) < 4.78 is 54.4. The van der Waals surface area contributed by atoms with Gasteiger partial charge < -0.3 is 25.0 Å². The first-order valence-electron chi connectivity index (χ1n) is 12.2. The summed E-state index contributed by atoms with van der Waals surface area (Å²) in [5, 5.41) is 0. The Morgan fingerprint density at radius 3 is 2.62 bits per heavy atom. The van der Waals surface area contributed by atoms with Crippen molar-refractivity contribution in [2.75, 3.05) is 36.1 Å². The number of alkyl halides is 3. The van der Waals surface area contributed by atoms with E-state index in [4.69, 9.17) is 15.2 Å². The molecule has 1 unspecified atom stereocenters. The Kier molecular flexibility index (Phi) is 5.64. The molecule has 2 saturated heterocycles. The lowest BCUT2D eigenvalue weighted by atomic mass is 10.1. The molecule has 5 heterocycles. The van der Waals surface area contributed by atoms with Crippen molar-refractivity contribution in [3.8, 4) is 6.01 Å². The number of carbonyl (C=O) groups is 1. The lowest BCUT2D eigenvalue weighted by Gasteiger charge is -2.40. The number of anilines is 2. The summed E-state index contributed by atoms with van der Waals surface area (Å²) in [5.74, 6) is -0.200. The van der Waals surface area contributed by atoms with Crippen LogP contribution in [0.3, 0.4) is 0 Å². The number of hydrogen-bond donors (Lipinski definition) is 1. The number of rotatable bonds is 7. The van der Waals surface area contributed by atoms with E-state index in [1.165, 1.54) is 23.0 Å². The number of nitrogens with two attached hydrogens (primary N) is 1. The van der Waals surface area contributed by atoms with Gasteiger partial charge in [0, 0.05) is 38.0 Å². The van der Waals surface area contributed by atoms with Gasteiger partial charge in [-0.05, 0) is 25.2 Å². The molecule has 2 N–H and O–H groups in total. The van der Waals surface area contributed by atoms with Gasteiger partial charge >= 0.3 is 12.2 Å². The maximum absolute atomic E-state index is 14.1. The molecule has 0 amide bonds. The highest BCUT2D eigenvalue weighted by Gasteiger charge is 2.51. The molecule has 2 aromatic heterocycles. The fourth-order valence-electron chi connectivity index (χ4n) is 5.16. The second-order valence-corrected chi connectivity index (χ2v) is 10.2. The fourth-order valence-corrected chi connectivity index (χ4v) is 5.16. The van der Waals surface area contributed by atoms with Crippen LogP contribution in [0.2, 0.25) is 0 Å². The van der Waals surface area contributed by atoms with Gasteiger partial charge in [0.1, 0.15) is 17.5 Å². The van der Waals surface area contributed by atoms with Gasteiger partial charge in [-0.2, -0.15) is 18.2 Å². The van der Waals surface area contributed by atoms with E-state index in [0.717, 1.165) is 17.7 Å². The SMILES string of the molecule is NC12CO[C@H](CN1c1cc(=O)n3c(n1)N(CC(=O)c1cnc(OCC4CC4)nc1)[C@H](C(F)(F)F)CC3)C2. The topological polar surface area (TPSA) is 129 Å². The van der Waals surface area contributed by atoms with E-state index in [2.05, 4.69) is 15.0 Å². The van der Waals surface area contributed by atoms with Crippen LogP contribution in [0.5, 0.6) is 6.01 Å². The Morgan fingerprint density at radius 1 is 1.24 bits per heavy atom. The standard InChI is InChI=1S/C23H26F3N7O4/c24-23(25,26)17-3-4-31-19(35)5-18(33-9-15-6-22(33,27)12-37-15)30-21(31)32(17)10-16(34)14-7-28-20(29-8-14)36-11-13-1-2-13/h5,7-8,13,15,17H,1-4,6,9-12,27H2/t15-,17-,22?/m0/s1. The molecule has 2 aromatic rings. The quantitative estimate of drug-likeness (QED) is 0.529. The first-order chi connectivity index (χ1) is 17.6. The Labute approximate surface area is 209 Å². The van der Waals surface area contributed by atoms with Crippen molar-refractivity contribution in [1.82, 2.24) is 19.5 Å². The molecule has 2 bridgehead atoms. The molecule has 3 fully saturated rings. The van der Waals surface area contributed by atoms with Gasteiger partial charge in [0.05, 0.1) is 31.4 Å². The van der Waals surface area contributed by atoms with E-state index in [-0.39, 0.29) is 42.6 Å². The second-order valence-electron chi connectivity index (χ2n) is 10.2. The third-order valence-corrected chi connectivity index (χ3v) is 7.37. The zero-order valence-corrected chi connectivity index (χ0v) is 19.9. The van der Waals surface area contributed by atoms with Crippen molar-refractivity contribution in [3.63, 3.8) is 0 Å². The van der Waals surface area contributed by atoms with Crippen molar-refractivity contribution in [1.29, 1.82) is 0 Å². The van der Waals surface area contributed by atoms with E-state index >= 15 is 0 Å². The number of halogens is 3. The Hall–Kier alpha value is -3.26. The minimum absolute atomic E-state index is 0.0326. The van der Waals surface area contributed by atoms with E-state index < -0.39 is 42.2 Å². The molecule has 0 spiro atoms. The van der Waals surface area contributed by atoms with Crippen LogP contribution in [-0.2, 0) is 11.3 Å². The normalized spacial score (nSPS) is 26.9. The van der Waals surface area contributed by atoms with Gasteiger partial charge in [0.15, 0.2) is 5.78 Å². The maximum Gasteiger partial charge on any atom is 0.408 e. The minimum Gasteiger partial charge on any atom is -0.463 e. The number of aromatic nitrogens is 4. The number of carbonyl (C=O) groups excluding carboxylic acids is 1. The lowest BCUT2D eigenvalue weighted by molar-refractivity contribution is -0.152. The van der Waals surface area contributed by atoms with Gasteiger partial charge in [-0.3, -0.25) is 14.2 Å².